The summed E-state index contributed by atoms with van der Waals surface area (Å²) in [4.78, 5) is 12.5. The molecule has 0 spiro atoms. The van der Waals surface area contributed by atoms with E-state index in [0.717, 1.165) is 59.3 Å². The van der Waals surface area contributed by atoms with Crippen LogP contribution < -0.4 is 9.46 Å². The Labute approximate surface area is 205 Å². The number of aryl methyl sites for hydroxylation is 2. The van der Waals surface area contributed by atoms with Crippen LogP contribution in [0.15, 0.2) is 24.3 Å². The van der Waals surface area contributed by atoms with Gasteiger partial charge in [0.1, 0.15) is 16.7 Å². The number of ether oxygens (including phenoxy) is 2. The van der Waals surface area contributed by atoms with Crippen LogP contribution in [-0.4, -0.2) is 33.2 Å². The Balaban J connectivity index is 2.20. The fraction of sp³-hybridized carbons (Fsp3) is 0.519. The SMILES string of the molecule is CCCCS(=O)Nc1cc(C)c(-c2ccc3c(c2)CCCO3)c(C(OC(C)(C)C)C(=O)O)c1C. The molecule has 34 heavy (non-hydrogen) atoms. The Bertz CT molecular complexity index is 1070. The van der Waals surface area contributed by atoms with Crippen molar-refractivity contribution in [1.29, 1.82) is 0 Å². The minimum absolute atomic E-state index is 0.539. The maximum atomic E-state index is 12.6. The largest absolute Gasteiger partial charge is 0.493 e. The van der Waals surface area contributed by atoms with Gasteiger partial charge in [-0.15, -0.1) is 0 Å². The maximum Gasteiger partial charge on any atom is 0.337 e. The zero-order valence-corrected chi connectivity index (χ0v) is 21.9. The molecule has 3 rings (SSSR count). The summed E-state index contributed by atoms with van der Waals surface area (Å²) in [5.41, 5.74) is 5.13. The molecule has 2 unspecified atom stereocenters. The number of nitrogens with one attached hydrogen (secondary N) is 1. The fourth-order valence-electron chi connectivity index (χ4n) is 4.31. The van der Waals surface area contributed by atoms with Crippen LogP contribution in [-0.2, 0) is 26.9 Å². The van der Waals surface area contributed by atoms with Crippen molar-refractivity contribution in [3.05, 3.63) is 46.5 Å². The van der Waals surface area contributed by atoms with Crippen LogP contribution in [0.1, 0.15) is 75.3 Å². The van der Waals surface area contributed by atoms with Crippen LogP contribution in [0.4, 0.5) is 5.69 Å². The van der Waals surface area contributed by atoms with Gasteiger partial charge in [-0.25, -0.2) is 9.00 Å². The van der Waals surface area contributed by atoms with Crippen molar-refractivity contribution in [3.8, 4) is 16.9 Å². The van der Waals surface area contributed by atoms with E-state index in [1.165, 1.54) is 0 Å². The summed E-state index contributed by atoms with van der Waals surface area (Å²) < 4.78 is 27.6. The summed E-state index contributed by atoms with van der Waals surface area (Å²) >= 11 is 0. The summed E-state index contributed by atoms with van der Waals surface area (Å²) in [7, 11) is -1.25. The molecular formula is C27H37NO5S. The average Bonchev–Trinajstić information content (AvgIpc) is 2.77. The molecule has 6 nitrogen and oxygen atoms in total. The molecule has 2 atom stereocenters. The monoisotopic (exact) mass is 487 g/mol. The van der Waals surface area contributed by atoms with Gasteiger partial charge in [0.25, 0.3) is 0 Å². The third-order valence-electron chi connectivity index (χ3n) is 5.89. The van der Waals surface area contributed by atoms with Crippen molar-refractivity contribution in [3.63, 3.8) is 0 Å². The molecule has 0 radical (unpaired) electrons. The van der Waals surface area contributed by atoms with Crippen molar-refractivity contribution < 1.29 is 23.6 Å². The Morgan fingerprint density at radius 3 is 2.65 bits per heavy atom. The highest BCUT2D eigenvalue weighted by Gasteiger charge is 2.32. The van der Waals surface area contributed by atoms with E-state index in [1.54, 1.807) is 0 Å². The van der Waals surface area contributed by atoms with Crippen molar-refractivity contribution >= 4 is 22.6 Å². The zero-order valence-electron chi connectivity index (χ0n) is 21.1. The predicted octanol–water partition coefficient (Wildman–Crippen LogP) is 6.11. The molecular weight excluding hydrogens is 450 g/mol. The molecule has 0 aliphatic carbocycles. The number of aliphatic carboxylic acids is 1. The Kier molecular flexibility index (Phi) is 8.42. The number of fused-ring (bicyclic) bond motifs is 1. The van der Waals surface area contributed by atoms with E-state index in [0.29, 0.717) is 23.6 Å². The molecule has 2 aromatic rings. The number of anilines is 1. The third-order valence-corrected chi connectivity index (χ3v) is 7.00. The van der Waals surface area contributed by atoms with E-state index in [1.807, 2.05) is 52.8 Å². The normalized spacial score (nSPS) is 15.2. The highest BCUT2D eigenvalue weighted by atomic mass is 32.2. The summed E-state index contributed by atoms with van der Waals surface area (Å²) in [5.74, 6) is 0.373. The maximum absolute atomic E-state index is 12.6. The smallest absolute Gasteiger partial charge is 0.337 e. The number of carbonyl (C=O) groups is 1. The van der Waals surface area contributed by atoms with Crippen molar-refractivity contribution in [1.82, 2.24) is 0 Å². The van der Waals surface area contributed by atoms with Gasteiger partial charge in [0, 0.05) is 17.0 Å². The lowest BCUT2D eigenvalue weighted by molar-refractivity contribution is -0.160. The summed E-state index contributed by atoms with van der Waals surface area (Å²) in [5, 5.41) is 10.2. The Morgan fingerprint density at radius 2 is 2.00 bits per heavy atom. The first-order valence-corrected chi connectivity index (χ1v) is 13.3. The van der Waals surface area contributed by atoms with Gasteiger partial charge in [-0.05, 0) is 99.9 Å². The summed E-state index contributed by atoms with van der Waals surface area (Å²) in [6.07, 6.45) is 2.52. The molecule has 1 aliphatic heterocycles. The van der Waals surface area contributed by atoms with Gasteiger partial charge in [-0.3, -0.25) is 0 Å². The number of hydrogen-bond donors (Lipinski definition) is 2. The van der Waals surface area contributed by atoms with Crippen LogP contribution in [0.3, 0.4) is 0 Å². The van der Waals surface area contributed by atoms with Gasteiger partial charge in [0.2, 0.25) is 0 Å². The summed E-state index contributed by atoms with van der Waals surface area (Å²) in [6.45, 7) is 12.2. The van der Waals surface area contributed by atoms with E-state index in [2.05, 4.69) is 17.7 Å². The lowest BCUT2D eigenvalue weighted by atomic mass is 9.86. The molecule has 186 valence electrons. The zero-order chi connectivity index (χ0) is 25.0. The van der Waals surface area contributed by atoms with E-state index >= 15 is 0 Å². The highest BCUT2D eigenvalue weighted by molar-refractivity contribution is 7.86. The fourth-order valence-corrected chi connectivity index (χ4v) is 5.42. The van der Waals surface area contributed by atoms with Crippen LogP contribution >= 0.6 is 0 Å². The highest BCUT2D eigenvalue weighted by Crippen LogP contribution is 2.42. The van der Waals surface area contributed by atoms with Crippen LogP contribution in [0, 0.1) is 13.8 Å². The van der Waals surface area contributed by atoms with E-state index in [9.17, 15) is 14.1 Å². The number of rotatable bonds is 9. The third kappa shape index (κ3) is 6.19. The molecule has 0 amide bonds. The van der Waals surface area contributed by atoms with Crippen molar-refractivity contribution in [2.24, 2.45) is 0 Å². The van der Waals surface area contributed by atoms with Crippen molar-refractivity contribution in [2.75, 3.05) is 17.1 Å². The van der Waals surface area contributed by atoms with Gasteiger partial charge in [-0.2, -0.15) is 0 Å². The quantitative estimate of drug-likeness (QED) is 0.446. The van der Waals surface area contributed by atoms with Crippen molar-refractivity contribution in [2.45, 2.75) is 78.9 Å². The topological polar surface area (TPSA) is 84.9 Å². The first kappa shape index (κ1) is 26.2. The van der Waals surface area contributed by atoms with E-state index in [4.69, 9.17) is 9.47 Å². The molecule has 0 fully saturated rings. The van der Waals surface area contributed by atoms with Crippen LogP contribution in [0.5, 0.6) is 5.75 Å². The van der Waals surface area contributed by atoms with Crippen LogP contribution in [0.25, 0.3) is 11.1 Å². The number of carboxylic acid groups (broad SMARTS) is 1. The molecule has 2 N–H and O–H groups in total. The minimum atomic E-state index is -1.25. The standard InChI is InChI=1S/C27H37NO5S/c1-7-8-14-34(31)28-21-15-17(2)23(20-11-12-22-19(16-20)10-9-13-32-22)24(18(21)3)25(26(29)30)33-27(4,5)6/h11-12,15-16,25,28H,7-10,13-14H2,1-6H3,(H,29,30). The molecule has 0 saturated heterocycles. The molecule has 0 saturated carbocycles. The average molecular weight is 488 g/mol. The lowest BCUT2D eigenvalue weighted by Gasteiger charge is -2.30. The molecule has 1 aliphatic rings. The first-order valence-electron chi connectivity index (χ1n) is 12.0. The molecule has 0 bridgehead atoms. The molecule has 2 aromatic carbocycles. The lowest BCUT2D eigenvalue weighted by Crippen LogP contribution is -2.28. The molecule has 1 heterocycles. The second-order valence-electron chi connectivity index (χ2n) is 9.88. The van der Waals surface area contributed by atoms with E-state index < -0.39 is 28.7 Å². The van der Waals surface area contributed by atoms with Gasteiger partial charge in [-0.1, -0.05) is 19.4 Å². The van der Waals surface area contributed by atoms with Crippen LogP contribution in [0.2, 0.25) is 0 Å². The minimum Gasteiger partial charge on any atom is -0.493 e. The van der Waals surface area contributed by atoms with E-state index in [-0.39, 0.29) is 0 Å². The Hall–Kier alpha value is -2.38. The van der Waals surface area contributed by atoms with Gasteiger partial charge >= 0.3 is 5.97 Å². The number of carboxylic acids is 1. The second-order valence-corrected chi connectivity index (χ2v) is 11.2. The molecule has 7 heteroatoms. The van der Waals surface area contributed by atoms with Gasteiger partial charge in [0.15, 0.2) is 6.10 Å². The first-order chi connectivity index (χ1) is 16.0. The predicted molar refractivity (Wildman–Crippen MR) is 138 cm³/mol. The van der Waals surface area contributed by atoms with Gasteiger partial charge in [0.05, 0.1) is 12.2 Å². The number of hydrogen-bond acceptors (Lipinski definition) is 4. The summed E-state index contributed by atoms with van der Waals surface area (Å²) in [6, 6.07) is 8.01. The molecule has 0 aromatic heterocycles. The Morgan fingerprint density at radius 1 is 1.26 bits per heavy atom. The number of benzene rings is 2. The second kappa shape index (κ2) is 10.9. The number of unbranched alkanes of at least 4 members (excludes halogenated alkanes) is 1. The van der Waals surface area contributed by atoms with Gasteiger partial charge < -0.3 is 19.3 Å².